The SMILES string of the molecule is CC(=O)N(c1c(C)ccc2ccccc12)N(C)C.Cl. The first-order chi connectivity index (χ1) is 8.52. The van der Waals surface area contributed by atoms with E-state index in [1.54, 1.807) is 11.9 Å². The summed E-state index contributed by atoms with van der Waals surface area (Å²) < 4.78 is 0. The lowest BCUT2D eigenvalue weighted by molar-refractivity contribution is -0.118. The van der Waals surface area contributed by atoms with Crippen molar-refractivity contribution in [1.82, 2.24) is 5.01 Å². The van der Waals surface area contributed by atoms with Crippen LogP contribution in [0.25, 0.3) is 10.8 Å². The van der Waals surface area contributed by atoms with Crippen molar-refractivity contribution in [2.75, 3.05) is 19.1 Å². The van der Waals surface area contributed by atoms with Crippen LogP contribution in [0.5, 0.6) is 0 Å². The first-order valence-electron chi connectivity index (χ1n) is 5.98. The Hall–Kier alpha value is -1.58. The van der Waals surface area contributed by atoms with Crippen molar-refractivity contribution in [1.29, 1.82) is 0 Å². The van der Waals surface area contributed by atoms with E-state index in [1.165, 1.54) is 0 Å². The topological polar surface area (TPSA) is 23.6 Å². The van der Waals surface area contributed by atoms with Crippen LogP contribution in [0.15, 0.2) is 36.4 Å². The fraction of sp³-hybridized carbons (Fsp3) is 0.267. The Kier molecular flexibility index (Phi) is 4.92. The molecule has 0 radical (unpaired) electrons. The number of nitrogens with zero attached hydrogens (tertiary/aromatic N) is 2. The number of amides is 1. The molecule has 0 atom stereocenters. The predicted molar refractivity (Wildman–Crippen MR) is 82.8 cm³/mol. The average Bonchev–Trinajstić information content (AvgIpc) is 2.31. The summed E-state index contributed by atoms with van der Waals surface area (Å²) in [6, 6.07) is 12.3. The molecule has 0 unspecified atom stereocenters. The van der Waals surface area contributed by atoms with E-state index >= 15 is 0 Å². The molecule has 0 saturated heterocycles. The molecule has 19 heavy (non-hydrogen) atoms. The molecule has 0 aliphatic carbocycles. The number of carbonyl (C=O) groups excluding carboxylic acids is 1. The van der Waals surface area contributed by atoms with Gasteiger partial charge in [0, 0.05) is 26.4 Å². The normalized spacial score (nSPS) is 10.4. The summed E-state index contributed by atoms with van der Waals surface area (Å²) in [5.74, 6) is 0.0134. The average molecular weight is 279 g/mol. The highest BCUT2D eigenvalue weighted by Gasteiger charge is 2.18. The van der Waals surface area contributed by atoms with Crippen LogP contribution in [-0.2, 0) is 4.79 Å². The minimum Gasteiger partial charge on any atom is -0.273 e. The number of rotatable bonds is 2. The molecule has 1 amide bonds. The zero-order valence-corrected chi connectivity index (χ0v) is 12.5. The number of aryl methyl sites for hydroxylation is 1. The fourth-order valence-corrected chi connectivity index (χ4v) is 2.28. The zero-order valence-electron chi connectivity index (χ0n) is 11.7. The van der Waals surface area contributed by atoms with Crippen molar-refractivity contribution in [3.63, 3.8) is 0 Å². The van der Waals surface area contributed by atoms with E-state index in [0.717, 1.165) is 22.0 Å². The predicted octanol–water partition coefficient (Wildman–Crippen LogP) is 3.40. The van der Waals surface area contributed by atoms with Crippen LogP contribution >= 0.6 is 12.4 Å². The third kappa shape index (κ3) is 2.88. The first-order valence-corrected chi connectivity index (χ1v) is 5.98. The van der Waals surface area contributed by atoms with Crippen molar-refractivity contribution < 1.29 is 4.79 Å². The fourth-order valence-electron chi connectivity index (χ4n) is 2.28. The highest BCUT2D eigenvalue weighted by atomic mass is 35.5. The Morgan fingerprint density at radius 3 is 2.26 bits per heavy atom. The van der Waals surface area contributed by atoms with Gasteiger partial charge < -0.3 is 0 Å². The molecule has 4 heteroatoms. The summed E-state index contributed by atoms with van der Waals surface area (Å²) in [4.78, 5) is 11.9. The van der Waals surface area contributed by atoms with Gasteiger partial charge in [-0.2, -0.15) is 0 Å². The molecular weight excluding hydrogens is 260 g/mol. The van der Waals surface area contributed by atoms with Crippen LogP contribution in [0.1, 0.15) is 12.5 Å². The Morgan fingerprint density at radius 1 is 1.05 bits per heavy atom. The lowest BCUT2D eigenvalue weighted by atomic mass is 10.0. The Bertz CT molecular complexity index is 596. The number of halogens is 1. The van der Waals surface area contributed by atoms with E-state index in [9.17, 15) is 4.79 Å². The van der Waals surface area contributed by atoms with E-state index in [-0.39, 0.29) is 18.3 Å². The third-order valence-electron chi connectivity index (χ3n) is 3.01. The molecule has 0 saturated carbocycles. The van der Waals surface area contributed by atoms with E-state index < -0.39 is 0 Å². The van der Waals surface area contributed by atoms with Crippen LogP contribution in [0, 0.1) is 6.92 Å². The van der Waals surface area contributed by atoms with E-state index in [2.05, 4.69) is 24.3 Å². The van der Waals surface area contributed by atoms with Gasteiger partial charge in [0.2, 0.25) is 5.91 Å². The molecule has 0 aromatic heterocycles. The second kappa shape index (κ2) is 6.04. The van der Waals surface area contributed by atoms with Crippen molar-refractivity contribution >= 4 is 34.8 Å². The maximum absolute atomic E-state index is 11.9. The largest absolute Gasteiger partial charge is 0.273 e. The number of carbonyl (C=O) groups is 1. The number of benzene rings is 2. The lowest BCUT2D eigenvalue weighted by Crippen LogP contribution is -2.41. The number of hydrazine groups is 1. The molecule has 0 aliphatic rings. The molecule has 2 rings (SSSR count). The van der Waals surface area contributed by atoms with Gasteiger partial charge in [-0.1, -0.05) is 36.4 Å². The molecule has 0 heterocycles. The standard InChI is InChI=1S/C15H18N2O.ClH/c1-11-9-10-13-7-5-6-8-14(13)15(11)17(12(2)18)16(3)4;/h5-10H,1-4H3;1H. The molecule has 2 aromatic carbocycles. The quantitative estimate of drug-likeness (QED) is 0.786. The smallest absolute Gasteiger partial charge is 0.238 e. The maximum atomic E-state index is 11.9. The van der Waals surface area contributed by atoms with Crippen LogP contribution in [0.3, 0.4) is 0 Å². The van der Waals surface area contributed by atoms with Crippen LogP contribution < -0.4 is 5.01 Å². The molecule has 3 nitrogen and oxygen atoms in total. The number of hydrogen-bond donors (Lipinski definition) is 0. The molecule has 0 N–H and O–H groups in total. The molecular formula is C15H19ClN2O. The minimum atomic E-state index is 0. The van der Waals surface area contributed by atoms with Gasteiger partial charge in [-0.05, 0) is 17.9 Å². The first kappa shape index (κ1) is 15.5. The summed E-state index contributed by atoms with van der Waals surface area (Å²) in [6.45, 7) is 3.61. The molecule has 0 bridgehead atoms. The molecule has 2 aromatic rings. The third-order valence-corrected chi connectivity index (χ3v) is 3.01. The van der Waals surface area contributed by atoms with Gasteiger partial charge in [-0.15, -0.1) is 12.4 Å². The van der Waals surface area contributed by atoms with Crippen LogP contribution in [0.4, 0.5) is 5.69 Å². The highest BCUT2D eigenvalue weighted by Crippen LogP contribution is 2.31. The molecule has 0 spiro atoms. The molecule has 0 fully saturated rings. The van der Waals surface area contributed by atoms with Gasteiger partial charge in [0.15, 0.2) is 0 Å². The van der Waals surface area contributed by atoms with Crippen molar-refractivity contribution in [2.24, 2.45) is 0 Å². The minimum absolute atomic E-state index is 0. The second-order valence-electron chi connectivity index (χ2n) is 4.63. The van der Waals surface area contributed by atoms with Crippen molar-refractivity contribution in [2.45, 2.75) is 13.8 Å². The van der Waals surface area contributed by atoms with E-state index in [0.29, 0.717) is 0 Å². The maximum Gasteiger partial charge on any atom is 0.238 e. The van der Waals surface area contributed by atoms with Gasteiger partial charge in [-0.3, -0.25) is 4.79 Å². The van der Waals surface area contributed by atoms with E-state index in [1.807, 2.05) is 38.2 Å². The van der Waals surface area contributed by atoms with Gasteiger partial charge in [0.25, 0.3) is 0 Å². The van der Waals surface area contributed by atoms with Crippen molar-refractivity contribution in [3.8, 4) is 0 Å². The monoisotopic (exact) mass is 278 g/mol. The lowest BCUT2D eigenvalue weighted by Gasteiger charge is -2.30. The van der Waals surface area contributed by atoms with Gasteiger partial charge in [0.1, 0.15) is 0 Å². The summed E-state index contributed by atoms with van der Waals surface area (Å²) >= 11 is 0. The van der Waals surface area contributed by atoms with Crippen LogP contribution in [-0.4, -0.2) is 25.0 Å². The highest BCUT2D eigenvalue weighted by molar-refractivity contribution is 6.03. The number of hydrogen-bond acceptors (Lipinski definition) is 2. The van der Waals surface area contributed by atoms with Crippen LogP contribution in [0.2, 0.25) is 0 Å². The van der Waals surface area contributed by atoms with Crippen molar-refractivity contribution in [3.05, 3.63) is 42.0 Å². The number of anilines is 1. The number of fused-ring (bicyclic) bond motifs is 1. The second-order valence-corrected chi connectivity index (χ2v) is 4.63. The zero-order chi connectivity index (χ0) is 13.3. The van der Waals surface area contributed by atoms with E-state index in [4.69, 9.17) is 0 Å². The summed E-state index contributed by atoms with van der Waals surface area (Å²) in [5, 5.41) is 5.77. The Labute approximate surface area is 120 Å². The van der Waals surface area contributed by atoms with Gasteiger partial charge >= 0.3 is 0 Å². The molecule has 102 valence electrons. The summed E-state index contributed by atoms with van der Waals surface area (Å²) in [5.41, 5.74) is 2.06. The Morgan fingerprint density at radius 2 is 1.68 bits per heavy atom. The van der Waals surface area contributed by atoms with Gasteiger partial charge in [-0.25, -0.2) is 10.0 Å². The molecule has 0 aliphatic heterocycles. The summed E-state index contributed by atoms with van der Waals surface area (Å²) in [6.07, 6.45) is 0. The summed E-state index contributed by atoms with van der Waals surface area (Å²) in [7, 11) is 3.76. The Balaban J connectivity index is 0.00000180. The van der Waals surface area contributed by atoms with Gasteiger partial charge in [0.05, 0.1) is 5.69 Å².